The first kappa shape index (κ1) is 12.9. The number of likely N-dealkylation sites (tertiary alicyclic amines) is 1. The van der Waals surface area contributed by atoms with Gasteiger partial charge in [0.2, 0.25) is 0 Å². The molecule has 0 aliphatic carbocycles. The normalized spacial score (nSPS) is 28.8. The summed E-state index contributed by atoms with van der Waals surface area (Å²) >= 11 is 0. The maximum Gasteiger partial charge on any atom is 0.0521 e. The molecule has 2 aliphatic rings. The van der Waals surface area contributed by atoms with Crippen molar-refractivity contribution in [1.29, 1.82) is 0 Å². The highest BCUT2D eigenvalue weighted by Gasteiger charge is 2.32. The summed E-state index contributed by atoms with van der Waals surface area (Å²) in [6.07, 6.45) is 4.55. The van der Waals surface area contributed by atoms with Crippen molar-refractivity contribution in [3.05, 3.63) is 18.0 Å². The second-order valence-electron chi connectivity index (χ2n) is 5.08. The number of hydrogen-bond acceptors (Lipinski definition) is 3. The van der Waals surface area contributed by atoms with Gasteiger partial charge in [0.25, 0.3) is 0 Å². The molecule has 1 aromatic rings. The van der Waals surface area contributed by atoms with E-state index in [0.717, 1.165) is 18.5 Å². The summed E-state index contributed by atoms with van der Waals surface area (Å²) < 4.78 is 1.99. The van der Waals surface area contributed by atoms with Crippen molar-refractivity contribution >= 4 is 12.4 Å². The summed E-state index contributed by atoms with van der Waals surface area (Å²) in [6, 6.07) is 2.92. The molecule has 17 heavy (non-hydrogen) atoms. The fourth-order valence-electron chi connectivity index (χ4n) is 3.05. The van der Waals surface area contributed by atoms with Crippen molar-refractivity contribution in [3.63, 3.8) is 0 Å². The molecule has 0 bridgehead atoms. The number of nitrogens with one attached hydrogen (secondary N) is 1. The Morgan fingerprint density at radius 3 is 3.12 bits per heavy atom. The summed E-state index contributed by atoms with van der Waals surface area (Å²) in [4.78, 5) is 2.57. The third-order valence-corrected chi connectivity index (χ3v) is 4.05. The molecular weight excluding hydrogens is 236 g/mol. The third-order valence-electron chi connectivity index (χ3n) is 4.05. The zero-order chi connectivity index (χ0) is 11.0. The van der Waals surface area contributed by atoms with Crippen LogP contribution in [0.2, 0.25) is 0 Å². The average Bonchev–Trinajstić information content (AvgIpc) is 2.88. The summed E-state index contributed by atoms with van der Waals surface area (Å²) in [7, 11) is 2.03. The van der Waals surface area contributed by atoms with Crippen LogP contribution in [-0.2, 0) is 13.6 Å². The highest BCUT2D eigenvalue weighted by atomic mass is 35.5. The number of hydrogen-bond donors (Lipinski definition) is 1. The van der Waals surface area contributed by atoms with Gasteiger partial charge in [0.1, 0.15) is 0 Å². The van der Waals surface area contributed by atoms with Gasteiger partial charge in [-0.15, -0.1) is 12.4 Å². The zero-order valence-electron chi connectivity index (χ0n) is 10.3. The van der Waals surface area contributed by atoms with Crippen molar-refractivity contribution in [2.75, 3.05) is 19.6 Å². The van der Waals surface area contributed by atoms with E-state index < -0.39 is 0 Å². The number of piperidine rings is 1. The predicted molar refractivity (Wildman–Crippen MR) is 70.2 cm³/mol. The van der Waals surface area contributed by atoms with Gasteiger partial charge in [-0.25, -0.2) is 0 Å². The number of halogens is 1. The van der Waals surface area contributed by atoms with E-state index in [1.165, 1.54) is 38.2 Å². The van der Waals surface area contributed by atoms with Crippen LogP contribution in [-0.4, -0.2) is 40.4 Å². The Morgan fingerprint density at radius 1 is 1.47 bits per heavy atom. The van der Waals surface area contributed by atoms with Crippen LogP contribution in [0.1, 0.15) is 18.5 Å². The lowest BCUT2D eigenvalue weighted by molar-refractivity contribution is 0.153. The van der Waals surface area contributed by atoms with Crippen LogP contribution < -0.4 is 5.32 Å². The van der Waals surface area contributed by atoms with Gasteiger partial charge in [-0.1, -0.05) is 0 Å². The SMILES string of the molecule is Cl.Cn1nccc1CN1CCC2NCCC2C1. The molecule has 2 atom stereocenters. The van der Waals surface area contributed by atoms with Gasteiger partial charge >= 0.3 is 0 Å². The second-order valence-corrected chi connectivity index (χ2v) is 5.08. The molecule has 2 saturated heterocycles. The molecule has 1 aromatic heterocycles. The van der Waals surface area contributed by atoms with Gasteiger partial charge in [0.05, 0.1) is 5.69 Å². The standard InChI is InChI=1S/C12H20N4.ClH/c1-15-11(3-6-14-15)9-16-7-4-12-10(8-16)2-5-13-12;/h3,6,10,12-13H,2,4-5,7-9H2,1H3;1H. The molecule has 96 valence electrons. The Labute approximate surface area is 109 Å². The highest BCUT2D eigenvalue weighted by molar-refractivity contribution is 5.85. The summed E-state index contributed by atoms with van der Waals surface area (Å²) in [5, 5.41) is 7.83. The van der Waals surface area contributed by atoms with E-state index in [1.54, 1.807) is 0 Å². The fraction of sp³-hybridized carbons (Fsp3) is 0.750. The van der Waals surface area contributed by atoms with Crippen molar-refractivity contribution in [2.45, 2.75) is 25.4 Å². The van der Waals surface area contributed by atoms with Crippen LogP contribution in [0, 0.1) is 5.92 Å². The predicted octanol–water partition coefficient (Wildman–Crippen LogP) is 1.03. The maximum atomic E-state index is 4.23. The van der Waals surface area contributed by atoms with E-state index in [-0.39, 0.29) is 12.4 Å². The van der Waals surface area contributed by atoms with Crippen LogP contribution in [0.5, 0.6) is 0 Å². The van der Waals surface area contributed by atoms with Crippen molar-refractivity contribution in [2.24, 2.45) is 13.0 Å². The molecule has 1 N–H and O–H groups in total. The van der Waals surface area contributed by atoms with Crippen molar-refractivity contribution in [1.82, 2.24) is 20.0 Å². The van der Waals surface area contributed by atoms with Crippen LogP contribution in [0.3, 0.4) is 0 Å². The minimum atomic E-state index is 0. The number of aromatic nitrogens is 2. The quantitative estimate of drug-likeness (QED) is 0.858. The number of nitrogens with zero attached hydrogens (tertiary/aromatic N) is 3. The molecule has 0 saturated carbocycles. The summed E-state index contributed by atoms with van der Waals surface area (Å²) in [6.45, 7) is 4.75. The maximum absolute atomic E-state index is 4.23. The molecular formula is C12H21ClN4. The van der Waals surface area contributed by atoms with E-state index in [2.05, 4.69) is 21.4 Å². The molecule has 2 aliphatic heterocycles. The minimum absolute atomic E-state index is 0. The molecule has 3 heterocycles. The first-order valence-electron chi connectivity index (χ1n) is 6.25. The Bertz CT molecular complexity index is 365. The smallest absolute Gasteiger partial charge is 0.0521 e. The fourth-order valence-corrected chi connectivity index (χ4v) is 3.05. The van der Waals surface area contributed by atoms with Gasteiger partial charge < -0.3 is 5.32 Å². The number of rotatable bonds is 2. The molecule has 0 amide bonds. The summed E-state index contributed by atoms with van der Waals surface area (Å²) in [5.74, 6) is 0.877. The topological polar surface area (TPSA) is 33.1 Å². The first-order chi connectivity index (χ1) is 7.83. The molecule has 0 radical (unpaired) electrons. The third kappa shape index (κ3) is 2.64. The van der Waals surface area contributed by atoms with E-state index in [1.807, 2.05) is 17.9 Å². The van der Waals surface area contributed by atoms with Crippen LogP contribution >= 0.6 is 12.4 Å². The van der Waals surface area contributed by atoms with Gasteiger partial charge in [0.15, 0.2) is 0 Å². The van der Waals surface area contributed by atoms with E-state index >= 15 is 0 Å². The summed E-state index contributed by atoms with van der Waals surface area (Å²) in [5.41, 5.74) is 1.32. The first-order valence-corrected chi connectivity index (χ1v) is 6.25. The Balaban J connectivity index is 0.00000108. The number of fused-ring (bicyclic) bond motifs is 1. The van der Waals surface area contributed by atoms with E-state index in [4.69, 9.17) is 0 Å². The average molecular weight is 257 g/mol. The zero-order valence-corrected chi connectivity index (χ0v) is 11.1. The monoisotopic (exact) mass is 256 g/mol. The molecule has 2 fully saturated rings. The Kier molecular flexibility index (Phi) is 4.07. The molecule has 2 unspecified atom stereocenters. The minimum Gasteiger partial charge on any atom is -0.314 e. The Hall–Kier alpha value is -0.580. The second kappa shape index (κ2) is 5.38. The Morgan fingerprint density at radius 2 is 2.35 bits per heavy atom. The van der Waals surface area contributed by atoms with Crippen LogP contribution in [0.25, 0.3) is 0 Å². The van der Waals surface area contributed by atoms with Gasteiger partial charge in [0, 0.05) is 38.9 Å². The molecule has 5 heteroatoms. The van der Waals surface area contributed by atoms with Crippen molar-refractivity contribution < 1.29 is 0 Å². The van der Waals surface area contributed by atoms with Crippen molar-refractivity contribution in [3.8, 4) is 0 Å². The largest absolute Gasteiger partial charge is 0.314 e. The van der Waals surface area contributed by atoms with Gasteiger partial charge in [-0.3, -0.25) is 9.58 Å². The van der Waals surface area contributed by atoms with E-state index in [9.17, 15) is 0 Å². The molecule has 3 rings (SSSR count). The number of aryl methyl sites for hydroxylation is 1. The molecule has 4 nitrogen and oxygen atoms in total. The van der Waals surface area contributed by atoms with Crippen LogP contribution in [0.15, 0.2) is 12.3 Å². The highest BCUT2D eigenvalue weighted by Crippen LogP contribution is 2.25. The lowest BCUT2D eigenvalue weighted by Crippen LogP contribution is -2.44. The van der Waals surface area contributed by atoms with E-state index in [0.29, 0.717) is 0 Å². The lowest BCUT2D eigenvalue weighted by Gasteiger charge is -2.34. The molecule has 0 aromatic carbocycles. The van der Waals surface area contributed by atoms with Gasteiger partial charge in [-0.2, -0.15) is 5.10 Å². The van der Waals surface area contributed by atoms with Gasteiger partial charge in [-0.05, 0) is 31.4 Å². The lowest BCUT2D eigenvalue weighted by atomic mass is 9.93. The molecule has 0 spiro atoms. The van der Waals surface area contributed by atoms with Crippen LogP contribution in [0.4, 0.5) is 0 Å².